The molecule has 0 unspecified atom stereocenters. The lowest BCUT2D eigenvalue weighted by atomic mass is 10.1. The van der Waals surface area contributed by atoms with Gasteiger partial charge in [-0.25, -0.2) is 13.1 Å². The van der Waals surface area contributed by atoms with Gasteiger partial charge in [0.25, 0.3) is 0 Å². The number of hydrogen-bond acceptors (Lipinski definition) is 4. The van der Waals surface area contributed by atoms with Gasteiger partial charge < -0.3 is 11.1 Å². The summed E-state index contributed by atoms with van der Waals surface area (Å²) in [6.45, 7) is 6.24. The van der Waals surface area contributed by atoms with Crippen molar-refractivity contribution in [3.63, 3.8) is 0 Å². The Bertz CT molecular complexity index is 574. The van der Waals surface area contributed by atoms with E-state index >= 15 is 0 Å². The van der Waals surface area contributed by atoms with E-state index in [0.717, 1.165) is 12.2 Å². The van der Waals surface area contributed by atoms with Crippen LogP contribution in [0.4, 0.5) is 5.69 Å². The fraction of sp³-hybridized carbons (Fsp3) is 0.462. The van der Waals surface area contributed by atoms with Crippen LogP contribution in [0, 0.1) is 13.8 Å². The molecule has 6 nitrogen and oxygen atoms in total. The Balaban J connectivity index is 3.03. The average molecular weight is 299 g/mol. The molecule has 0 saturated carbocycles. The highest BCUT2D eigenvalue weighted by Crippen LogP contribution is 2.24. The molecule has 0 spiro atoms. The molecule has 0 heterocycles. The highest BCUT2D eigenvalue weighted by Gasteiger charge is 2.19. The number of nitrogens with two attached hydrogens (primary N) is 1. The van der Waals surface area contributed by atoms with Gasteiger partial charge in [-0.1, -0.05) is 0 Å². The van der Waals surface area contributed by atoms with E-state index in [1.54, 1.807) is 26.0 Å². The van der Waals surface area contributed by atoms with Gasteiger partial charge in [-0.15, -0.1) is 0 Å². The molecule has 0 atom stereocenters. The first kappa shape index (κ1) is 16.5. The summed E-state index contributed by atoms with van der Waals surface area (Å²) < 4.78 is 26.9. The number of carbonyl (C=O) groups excluding carboxylic acids is 1. The number of aryl methyl sites for hydroxylation is 2. The third-order valence-electron chi connectivity index (χ3n) is 2.77. The number of benzene rings is 1. The smallest absolute Gasteiger partial charge is 0.241 e. The average Bonchev–Trinajstić information content (AvgIpc) is 2.26. The van der Waals surface area contributed by atoms with Crippen molar-refractivity contribution in [3.8, 4) is 0 Å². The molecule has 0 saturated heterocycles. The Morgan fingerprint density at radius 2 is 1.80 bits per heavy atom. The first-order valence-corrected chi connectivity index (χ1v) is 7.89. The molecule has 112 valence electrons. The topological polar surface area (TPSA) is 101 Å². The van der Waals surface area contributed by atoms with Crippen molar-refractivity contribution in [2.24, 2.45) is 5.73 Å². The maximum atomic E-state index is 12.2. The molecule has 0 fully saturated rings. The highest BCUT2D eigenvalue weighted by atomic mass is 32.2. The molecule has 1 aromatic carbocycles. The third kappa shape index (κ3) is 4.21. The van der Waals surface area contributed by atoms with Gasteiger partial charge in [0.05, 0.1) is 4.90 Å². The number of nitrogens with one attached hydrogen (secondary N) is 2. The molecular weight excluding hydrogens is 278 g/mol. The van der Waals surface area contributed by atoms with Crippen LogP contribution in [0.2, 0.25) is 0 Å². The van der Waals surface area contributed by atoms with E-state index in [-0.39, 0.29) is 17.9 Å². The van der Waals surface area contributed by atoms with Crippen molar-refractivity contribution >= 4 is 21.6 Å². The zero-order valence-electron chi connectivity index (χ0n) is 12.0. The zero-order valence-corrected chi connectivity index (χ0v) is 12.8. The standard InChI is InChI=1S/C13H21N3O3S/c1-4-15-11-7-9(2)13(10(3)8-11)20(18,19)16-6-5-12(14)17/h7-8,15-16H,4-6H2,1-3H3,(H2,14,17). The number of sulfonamides is 1. The van der Waals surface area contributed by atoms with Gasteiger partial charge in [0, 0.05) is 25.2 Å². The van der Waals surface area contributed by atoms with E-state index in [4.69, 9.17) is 5.73 Å². The van der Waals surface area contributed by atoms with Crippen LogP contribution in [0.5, 0.6) is 0 Å². The summed E-state index contributed by atoms with van der Waals surface area (Å²) in [5.41, 5.74) is 7.20. The molecular formula is C13H21N3O3S. The van der Waals surface area contributed by atoms with Gasteiger partial charge in [-0.3, -0.25) is 4.79 Å². The molecule has 0 bridgehead atoms. The lowest BCUT2D eigenvalue weighted by Gasteiger charge is -2.14. The van der Waals surface area contributed by atoms with E-state index in [2.05, 4.69) is 10.0 Å². The number of amides is 1. The lowest BCUT2D eigenvalue weighted by Crippen LogP contribution is -2.29. The first-order valence-electron chi connectivity index (χ1n) is 6.41. The summed E-state index contributed by atoms with van der Waals surface area (Å²) in [5.74, 6) is -0.538. The van der Waals surface area contributed by atoms with Crippen LogP contribution >= 0.6 is 0 Å². The Labute approximate surface area is 119 Å². The van der Waals surface area contributed by atoms with Crippen LogP contribution in [0.15, 0.2) is 17.0 Å². The lowest BCUT2D eigenvalue weighted by molar-refractivity contribution is -0.117. The van der Waals surface area contributed by atoms with Gasteiger partial charge in [-0.2, -0.15) is 0 Å². The van der Waals surface area contributed by atoms with Crippen LogP contribution in [0.25, 0.3) is 0 Å². The monoisotopic (exact) mass is 299 g/mol. The predicted octanol–water partition coefficient (Wildman–Crippen LogP) is 0.889. The van der Waals surface area contributed by atoms with Crippen LogP contribution in [0.3, 0.4) is 0 Å². The Morgan fingerprint density at radius 1 is 1.25 bits per heavy atom. The molecule has 0 aliphatic carbocycles. The number of carbonyl (C=O) groups is 1. The second-order valence-corrected chi connectivity index (χ2v) is 6.29. The molecule has 0 aliphatic rings. The Kier molecular flexibility index (Phi) is 5.52. The van der Waals surface area contributed by atoms with E-state index in [1.807, 2.05) is 6.92 Å². The van der Waals surface area contributed by atoms with Crippen LogP contribution in [0.1, 0.15) is 24.5 Å². The Hall–Kier alpha value is -1.60. The fourth-order valence-electron chi connectivity index (χ4n) is 2.06. The molecule has 0 aliphatic heterocycles. The van der Waals surface area contributed by atoms with E-state index in [9.17, 15) is 13.2 Å². The van der Waals surface area contributed by atoms with Gasteiger partial charge in [0.2, 0.25) is 15.9 Å². The summed E-state index contributed by atoms with van der Waals surface area (Å²) in [4.78, 5) is 10.9. The molecule has 1 aromatic rings. The minimum Gasteiger partial charge on any atom is -0.385 e. The third-order valence-corrected chi connectivity index (χ3v) is 4.54. The largest absolute Gasteiger partial charge is 0.385 e. The van der Waals surface area contributed by atoms with Gasteiger partial charge in [-0.05, 0) is 44.0 Å². The second-order valence-electron chi connectivity index (χ2n) is 4.58. The number of hydrogen-bond donors (Lipinski definition) is 3. The van der Waals surface area contributed by atoms with Crippen molar-refractivity contribution in [1.29, 1.82) is 0 Å². The highest BCUT2D eigenvalue weighted by molar-refractivity contribution is 7.89. The molecule has 4 N–H and O–H groups in total. The maximum Gasteiger partial charge on any atom is 0.241 e. The van der Waals surface area contributed by atoms with Crippen molar-refractivity contribution in [3.05, 3.63) is 23.3 Å². The number of anilines is 1. The van der Waals surface area contributed by atoms with Crippen molar-refractivity contribution in [2.75, 3.05) is 18.4 Å². The van der Waals surface area contributed by atoms with Crippen LogP contribution in [-0.2, 0) is 14.8 Å². The molecule has 20 heavy (non-hydrogen) atoms. The first-order chi connectivity index (χ1) is 9.27. The zero-order chi connectivity index (χ0) is 15.3. The maximum absolute atomic E-state index is 12.2. The minimum absolute atomic E-state index is 0.00546. The van der Waals surface area contributed by atoms with Crippen LogP contribution in [-0.4, -0.2) is 27.4 Å². The quantitative estimate of drug-likeness (QED) is 0.696. The summed E-state index contributed by atoms with van der Waals surface area (Å²) in [5, 5.41) is 3.15. The van der Waals surface area contributed by atoms with Crippen molar-refractivity contribution < 1.29 is 13.2 Å². The SMILES string of the molecule is CCNc1cc(C)c(S(=O)(=O)NCCC(N)=O)c(C)c1. The van der Waals surface area contributed by atoms with Gasteiger partial charge >= 0.3 is 0 Å². The molecule has 0 radical (unpaired) electrons. The Morgan fingerprint density at radius 3 is 2.25 bits per heavy atom. The van der Waals surface area contributed by atoms with E-state index < -0.39 is 15.9 Å². The summed E-state index contributed by atoms with van der Waals surface area (Å²) in [6.07, 6.45) is -0.0210. The van der Waals surface area contributed by atoms with E-state index in [1.165, 1.54) is 0 Å². The number of primary amides is 1. The molecule has 7 heteroatoms. The van der Waals surface area contributed by atoms with Gasteiger partial charge in [0.1, 0.15) is 0 Å². The predicted molar refractivity (Wildman–Crippen MR) is 79.1 cm³/mol. The second kappa shape index (κ2) is 6.71. The normalized spacial score (nSPS) is 11.3. The summed E-state index contributed by atoms with van der Waals surface area (Å²) in [6, 6.07) is 3.58. The fourth-order valence-corrected chi connectivity index (χ4v) is 3.54. The minimum atomic E-state index is -3.63. The van der Waals surface area contributed by atoms with Gasteiger partial charge in [0.15, 0.2) is 0 Å². The molecule has 1 rings (SSSR count). The van der Waals surface area contributed by atoms with Crippen molar-refractivity contribution in [1.82, 2.24) is 4.72 Å². The van der Waals surface area contributed by atoms with Crippen LogP contribution < -0.4 is 15.8 Å². The number of rotatable bonds is 7. The summed E-state index contributed by atoms with van der Waals surface area (Å²) in [7, 11) is -3.63. The van der Waals surface area contributed by atoms with Crippen molar-refractivity contribution in [2.45, 2.75) is 32.1 Å². The molecule has 1 amide bonds. The summed E-state index contributed by atoms with van der Waals surface area (Å²) >= 11 is 0. The molecule has 0 aromatic heterocycles. The van der Waals surface area contributed by atoms with E-state index in [0.29, 0.717) is 11.1 Å².